The number of carbonyl (C=O) groups is 2. The Balaban J connectivity index is 1.27. The number of fused-ring (bicyclic) bond motifs is 1. The van der Waals surface area contributed by atoms with Crippen molar-refractivity contribution < 1.29 is 14.3 Å². The van der Waals surface area contributed by atoms with Crippen molar-refractivity contribution in [2.24, 2.45) is 4.99 Å². The Morgan fingerprint density at radius 3 is 1.58 bits per heavy atom. The normalized spacial score (nSPS) is 17.4. The number of aliphatic imine (C=N–C) groups is 1. The van der Waals surface area contributed by atoms with Crippen molar-refractivity contribution >= 4 is 53.0 Å². The quantitative estimate of drug-likeness (QED) is 0.0594. The predicted molar refractivity (Wildman–Crippen MR) is 220 cm³/mol. The minimum atomic E-state index is -2.84. The van der Waals surface area contributed by atoms with Gasteiger partial charge in [-0.3, -0.25) is 0 Å². The summed E-state index contributed by atoms with van der Waals surface area (Å²) in [6, 6.07) is 60.8. The Hall–Kier alpha value is -5.55. The average molecular weight is 731 g/mol. The number of carbonyl (C=O) groups excluding carboxylic acids is 2. The summed E-state index contributed by atoms with van der Waals surface area (Å²) in [4.78, 5) is 35.7. The molecule has 0 saturated carbocycles. The molecule has 2 aliphatic heterocycles. The Labute approximate surface area is 315 Å². The Morgan fingerprint density at radius 1 is 0.679 bits per heavy atom. The van der Waals surface area contributed by atoms with E-state index in [9.17, 15) is 9.59 Å². The first-order valence-electron chi connectivity index (χ1n) is 17.9. The molecule has 2 aliphatic rings. The van der Waals surface area contributed by atoms with Crippen molar-refractivity contribution in [3.05, 3.63) is 210 Å². The summed E-state index contributed by atoms with van der Waals surface area (Å²) in [6.07, 6.45) is 1.70. The van der Waals surface area contributed by atoms with Gasteiger partial charge >= 0.3 is 317 Å². The first-order valence-corrected chi connectivity index (χ1v) is 21.1. The molecule has 6 aromatic carbocycles. The van der Waals surface area contributed by atoms with E-state index < -0.39 is 25.4 Å². The second kappa shape index (κ2) is 15.6. The maximum absolute atomic E-state index is 15.0. The summed E-state index contributed by atoms with van der Waals surface area (Å²) in [6.45, 7) is 0. The van der Waals surface area contributed by atoms with Crippen molar-refractivity contribution in [1.82, 2.24) is 4.90 Å². The SMILES string of the molecule is O=C(OC(c1ccccc1)c1ccccc1)C1=C(C[PH](c2ccccc2)(c2ccccc2)c2ccccc2)CS[C@H]2C(N=Cc3ccccc3)C(=O)N12. The maximum atomic E-state index is 15.0. The van der Waals surface area contributed by atoms with Gasteiger partial charge in [-0.05, 0) is 0 Å². The third-order valence-electron chi connectivity index (χ3n) is 10.1. The van der Waals surface area contributed by atoms with Gasteiger partial charge in [0.1, 0.15) is 0 Å². The van der Waals surface area contributed by atoms with Crippen LogP contribution in [0.2, 0.25) is 0 Å². The molecule has 0 radical (unpaired) electrons. The number of β-lactam (4-membered cyclic amide) rings is 1. The number of esters is 1. The molecule has 1 amide bonds. The molecule has 0 aromatic heterocycles. The summed E-state index contributed by atoms with van der Waals surface area (Å²) < 4.78 is 6.57. The number of ether oxygens (including phenoxy) is 1. The summed E-state index contributed by atoms with van der Waals surface area (Å²) in [7, 11) is -2.84. The van der Waals surface area contributed by atoms with Crippen molar-refractivity contribution in [3.63, 3.8) is 0 Å². The molecule has 0 N–H and O–H groups in total. The molecular formula is C46H39N2O3PS. The van der Waals surface area contributed by atoms with E-state index in [1.807, 2.05) is 109 Å². The molecule has 0 aliphatic carbocycles. The van der Waals surface area contributed by atoms with Crippen molar-refractivity contribution in [2.75, 3.05) is 11.9 Å². The van der Waals surface area contributed by atoms with Gasteiger partial charge in [-0.1, -0.05) is 0 Å². The number of hydrogen-bond donors (Lipinski definition) is 0. The van der Waals surface area contributed by atoms with Crippen LogP contribution in [0.25, 0.3) is 0 Å². The molecule has 1 saturated heterocycles. The average Bonchev–Trinajstić information content (AvgIpc) is 3.23. The summed E-state index contributed by atoms with van der Waals surface area (Å²) in [5.74, 6) is -0.126. The fourth-order valence-electron chi connectivity index (χ4n) is 7.54. The monoisotopic (exact) mass is 730 g/mol. The van der Waals surface area contributed by atoms with E-state index in [0.29, 0.717) is 17.6 Å². The Morgan fingerprint density at radius 2 is 1.11 bits per heavy atom. The number of rotatable bonds is 11. The predicted octanol–water partition coefficient (Wildman–Crippen LogP) is 7.70. The van der Waals surface area contributed by atoms with Gasteiger partial charge in [0.05, 0.1) is 0 Å². The molecule has 53 heavy (non-hydrogen) atoms. The molecule has 2 atom stereocenters. The standard InChI is InChI=1S/C46H39N2O3PS/c49-44-41(47-31-34-19-7-1-8-20-34)45-48(44)42(46(50)51-43(35-21-9-2-10-22-35)36-23-11-3-12-24-36)37(33-53-45)32-52(38-25-13-4-14-26-38,39-27-15-5-16-28-39)40-29-17-6-18-30-40/h1-31,41,43,45,52H,32-33H2/t41?,45-/m0/s1. The molecule has 5 nitrogen and oxygen atoms in total. The van der Waals surface area contributed by atoms with Crippen molar-refractivity contribution in [3.8, 4) is 0 Å². The van der Waals surface area contributed by atoms with Crippen LogP contribution in [-0.2, 0) is 14.3 Å². The van der Waals surface area contributed by atoms with Crippen LogP contribution in [0.15, 0.2) is 198 Å². The summed E-state index contributed by atoms with van der Waals surface area (Å²) in [5, 5.41) is 3.38. The second-order valence-electron chi connectivity index (χ2n) is 13.3. The second-order valence-corrected chi connectivity index (χ2v) is 18.3. The van der Waals surface area contributed by atoms with Crippen LogP contribution in [0.4, 0.5) is 0 Å². The van der Waals surface area contributed by atoms with E-state index in [0.717, 1.165) is 22.3 Å². The first kappa shape index (κ1) is 34.5. The number of benzene rings is 6. The molecule has 262 valence electrons. The van der Waals surface area contributed by atoms with E-state index >= 15 is 0 Å². The Bertz CT molecular complexity index is 2100. The van der Waals surface area contributed by atoms with Crippen LogP contribution in [-0.4, -0.2) is 46.3 Å². The van der Waals surface area contributed by atoms with Crippen molar-refractivity contribution in [2.45, 2.75) is 17.5 Å². The van der Waals surface area contributed by atoms with Crippen LogP contribution in [0.1, 0.15) is 22.8 Å². The summed E-state index contributed by atoms with van der Waals surface area (Å²) in [5.41, 5.74) is 3.91. The van der Waals surface area contributed by atoms with Crippen LogP contribution in [0, 0.1) is 0 Å². The van der Waals surface area contributed by atoms with Gasteiger partial charge in [0.2, 0.25) is 0 Å². The Kier molecular flexibility index (Phi) is 10.2. The molecular weight excluding hydrogens is 692 g/mol. The summed E-state index contributed by atoms with van der Waals surface area (Å²) >= 11 is 1.68. The van der Waals surface area contributed by atoms with Gasteiger partial charge in [0.15, 0.2) is 0 Å². The van der Waals surface area contributed by atoms with E-state index in [1.165, 1.54) is 15.9 Å². The molecule has 6 aromatic rings. The topological polar surface area (TPSA) is 59.0 Å². The van der Waals surface area contributed by atoms with Gasteiger partial charge in [-0.15, -0.1) is 0 Å². The third-order valence-corrected chi connectivity index (χ3v) is 16.3. The number of nitrogens with zero attached hydrogens (tertiary/aromatic N) is 2. The minimum absolute atomic E-state index is 0.193. The van der Waals surface area contributed by atoms with Crippen LogP contribution in [0.5, 0.6) is 0 Å². The van der Waals surface area contributed by atoms with E-state index in [2.05, 4.69) is 72.8 Å². The molecule has 1 fully saturated rings. The molecule has 0 bridgehead atoms. The van der Waals surface area contributed by atoms with Gasteiger partial charge in [-0.2, -0.15) is 0 Å². The zero-order valence-electron chi connectivity index (χ0n) is 29.1. The van der Waals surface area contributed by atoms with Gasteiger partial charge < -0.3 is 0 Å². The van der Waals surface area contributed by atoms with E-state index in [4.69, 9.17) is 9.73 Å². The number of amides is 1. The zero-order valence-corrected chi connectivity index (χ0v) is 30.9. The van der Waals surface area contributed by atoms with Crippen LogP contribution >= 0.6 is 19.0 Å². The van der Waals surface area contributed by atoms with E-state index in [-0.39, 0.29) is 11.3 Å². The molecule has 8 rings (SSSR count). The molecule has 0 spiro atoms. The van der Waals surface area contributed by atoms with Crippen LogP contribution in [0.3, 0.4) is 0 Å². The third kappa shape index (κ3) is 6.89. The van der Waals surface area contributed by atoms with Crippen molar-refractivity contribution in [1.29, 1.82) is 0 Å². The molecule has 1 unspecified atom stereocenters. The molecule has 2 heterocycles. The fourth-order valence-corrected chi connectivity index (χ4v) is 13.9. The molecule has 7 heteroatoms. The van der Waals surface area contributed by atoms with Crippen LogP contribution < -0.4 is 15.9 Å². The number of thioether (sulfide) groups is 1. The van der Waals surface area contributed by atoms with Gasteiger partial charge in [-0.25, -0.2) is 0 Å². The van der Waals surface area contributed by atoms with E-state index in [1.54, 1.807) is 22.9 Å². The zero-order chi connectivity index (χ0) is 36.0. The fraction of sp³-hybridized carbons (Fsp3) is 0.109. The van der Waals surface area contributed by atoms with Gasteiger partial charge in [0, 0.05) is 0 Å². The number of hydrogen-bond acceptors (Lipinski definition) is 5. The first-order chi connectivity index (χ1) is 26.1. The van der Waals surface area contributed by atoms with Gasteiger partial charge in [0.25, 0.3) is 0 Å².